The minimum atomic E-state index is -0.863. The molecule has 0 bridgehead atoms. The standard InChI is InChI=1S/C19H14INO2/c20-13-8-9-15-14(10-13)17(19(22)23)16(11-6-7-11)18(21-15)12-4-2-1-3-5-12/h1-5,8-11H,6-7H2,(H,22,23). The van der Waals surface area contributed by atoms with Crippen LogP contribution in [0.4, 0.5) is 0 Å². The molecule has 0 amide bonds. The normalized spacial score (nSPS) is 14.1. The van der Waals surface area contributed by atoms with Crippen LogP contribution in [-0.4, -0.2) is 16.1 Å². The lowest BCUT2D eigenvalue weighted by atomic mass is 9.93. The third kappa shape index (κ3) is 2.61. The topological polar surface area (TPSA) is 50.2 Å². The molecule has 2 aromatic carbocycles. The molecule has 114 valence electrons. The van der Waals surface area contributed by atoms with Gasteiger partial charge < -0.3 is 5.11 Å². The largest absolute Gasteiger partial charge is 0.478 e. The summed E-state index contributed by atoms with van der Waals surface area (Å²) >= 11 is 2.21. The SMILES string of the molecule is O=C(O)c1c(C2CC2)c(-c2ccccc2)nc2ccc(I)cc12. The number of carbonyl (C=O) groups is 1. The summed E-state index contributed by atoms with van der Waals surface area (Å²) in [5.74, 6) is -0.551. The predicted molar refractivity (Wildman–Crippen MR) is 98.8 cm³/mol. The molecule has 4 rings (SSSR count). The molecule has 1 aromatic heterocycles. The molecule has 4 heteroatoms. The number of halogens is 1. The Bertz CT molecular complexity index is 918. The fraction of sp³-hybridized carbons (Fsp3) is 0.158. The van der Waals surface area contributed by atoms with Crippen molar-refractivity contribution in [1.82, 2.24) is 4.98 Å². The van der Waals surface area contributed by atoms with Gasteiger partial charge >= 0.3 is 5.97 Å². The first-order valence-electron chi connectivity index (χ1n) is 7.57. The molecular formula is C19H14INO2. The maximum atomic E-state index is 12.0. The van der Waals surface area contributed by atoms with E-state index in [0.29, 0.717) is 11.5 Å². The summed E-state index contributed by atoms with van der Waals surface area (Å²) in [7, 11) is 0. The molecule has 1 aliphatic carbocycles. The van der Waals surface area contributed by atoms with Gasteiger partial charge in [-0.1, -0.05) is 30.3 Å². The molecule has 0 spiro atoms. The lowest BCUT2D eigenvalue weighted by molar-refractivity contribution is 0.0698. The Labute approximate surface area is 147 Å². The monoisotopic (exact) mass is 415 g/mol. The predicted octanol–water partition coefficient (Wildman–Crippen LogP) is 5.08. The first-order chi connectivity index (χ1) is 11.1. The Morgan fingerprint density at radius 2 is 1.87 bits per heavy atom. The van der Waals surface area contributed by atoms with E-state index in [9.17, 15) is 9.90 Å². The number of carboxylic acid groups (broad SMARTS) is 1. The number of hydrogen-bond acceptors (Lipinski definition) is 2. The van der Waals surface area contributed by atoms with E-state index in [1.807, 2.05) is 48.5 Å². The molecule has 0 saturated heterocycles. The molecule has 23 heavy (non-hydrogen) atoms. The van der Waals surface area contributed by atoms with Gasteiger partial charge in [0.2, 0.25) is 0 Å². The van der Waals surface area contributed by atoms with Crippen LogP contribution in [0.15, 0.2) is 48.5 Å². The molecule has 3 aromatic rings. The summed E-state index contributed by atoms with van der Waals surface area (Å²) in [5.41, 5.74) is 3.87. The van der Waals surface area contributed by atoms with Gasteiger partial charge in [-0.15, -0.1) is 0 Å². The molecule has 0 radical (unpaired) electrons. The number of pyridine rings is 1. The van der Waals surface area contributed by atoms with E-state index in [-0.39, 0.29) is 0 Å². The summed E-state index contributed by atoms with van der Waals surface area (Å²) in [5, 5.41) is 10.6. The van der Waals surface area contributed by atoms with Crippen LogP contribution in [-0.2, 0) is 0 Å². The first kappa shape index (κ1) is 14.6. The van der Waals surface area contributed by atoms with E-state index in [4.69, 9.17) is 4.98 Å². The highest BCUT2D eigenvalue weighted by atomic mass is 127. The second-order valence-corrected chi connectivity index (χ2v) is 7.10. The second-order valence-electron chi connectivity index (χ2n) is 5.86. The number of rotatable bonds is 3. The van der Waals surface area contributed by atoms with Crippen LogP contribution in [0, 0.1) is 3.57 Å². The van der Waals surface area contributed by atoms with Crippen LogP contribution in [0.5, 0.6) is 0 Å². The number of aromatic carboxylic acids is 1. The molecule has 1 fully saturated rings. The van der Waals surface area contributed by atoms with Crippen molar-refractivity contribution in [3.8, 4) is 11.3 Å². The molecule has 1 aliphatic rings. The Hall–Kier alpha value is -1.95. The van der Waals surface area contributed by atoms with E-state index in [0.717, 1.165) is 44.1 Å². The minimum Gasteiger partial charge on any atom is -0.478 e. The van der Waals surface area contributed by atoms with Crippen LogP contribution >= 0.6 is 22.6 Å². The van der Waals surface area contributed by atoms with Crippen molar-refractivity contribution in [3.63, 3.8) is 0 Å². The van der Waals surface area contributed by atoms with Crippen molar-refractivity contribution in [3.05, 3.63) is 63.2 Å². The van der Waals surface area contributed by atoms with E-state index < -0.39 is 5.97 Å². The molecule has 1 saturated carbocycles. The average molecular weight is 415 g/mol. The molecule has 3 nitrogen and oxygen atoms in total. The minimum absolute atomic E-state index is 0.311. The Morgan fingerprint density at radius 3 is 2.52 bits per heavy atom. The van der Waals surface area contributed by atoms with Gasteiger partial charge in [-0.2, -0.15) is 0 Å². The van der Waals surface area contributed by atoms with Gasteiger partial charge in [-0.25, -0.2) is 9.78 Å². The average Bonchev–Trinajstić information content (AvgIpc) is 3.38. The maximum absolute atomic E-state index is 12.0. The van der Waals surface area contributed by atoms with Crippen molar-refractivity contribution >= 4 is 39.5 Å². The number of carboxylic acids is 1. The summed E-state index contributed by atoms with van der Waals surface area (Å²) < 4.78 is 1.02. The van der Waals surface area contributed by atoms with E-state index in [1.54, 1.807) is 0 Å². The van der Waals surface area contributed by atoms with E-state index in [1.165, 1.54) is 0 Å². The van der Waals surface area contributed by atoms with Crippen molar-refractivity contribution in [2.75, 3.05) is 0 Å². The van der Waals surface area contributed by atoms with Gasteiger partial charge in [0.25, 0.3) is 0 Å². The molecule has 0 atom stereocenters. The van der Waals surface area contributed by atoms with Crippen LogP contribution < -0.4 is 0 Å². The van der Waals surface area contributed by atoms with Crippen molar-refractivity contribution in [2.24, 2.45) is 0 Å². The van der Waals surface area contributed by atoms with Crippen LogP contribution in [0.1, 0.15) is 34.7 Å². The summed E-state index contributed by atoms with van der Waals surface area (Å²) in [6, 6.07) is 15.7. The summed E-state index contributed by atoms with van der Waals surface area (Å²) in [6.45, 7) is 0. The van der Waals surface area contributed by atoms with Gasteiger partial charge in [0.1, 0.15) is 0 Å². The number of benzene rings is 2. The summed E-state index contributed by atoms with van der Waals surface area (Å²) in [6.07, 6.45) is 2.08. The fourth-order valence-electron chi connectivity index (χ4n) is 3.07. The Kier molecular flexibility index (Phi) is 3.56. The number of aromatic nitrogens is 1. The van der Waals surface area contributed by atoms with Gasteiger partial charge in [-0.05, 0) is 65.1 Å². The summed E-state index contributed by atoms with van der Waals surface area (Å²) in [4.78, 5) is 16.9. The second kappa shape index (κ2) is 5.60. The van der Waals surface area contributed by atoms with Gasteiger partial charge in [0.05, 0.1) is 16.8 Å². The van der Waals surface area contributed by atoms with Crippen LogP contribution in [0.25, 0.3) is 22.2 Å². The van der Waals surface area contributed by atoms with Crippen LogP contribution in [0.3, 0.4) is 0 Å². The zero-order valence-electron chi connectivity index (χ0n) is 12.3. The zero-order chi connectivity index (χ0) is 16.0. The lowest BCUT2D eigenvalue weighted by Crippen LogP contribution is -2.07. The first-order valence-corrected chi connectivity index (χ1v) is 8.65. The van der Waals surface area contributed by atoms with Gasteiger partial charge in [-0.3, -0.25) is 0 Å². The highest BCUT2D eigenvalue weighted by Crippen LogP contribution is 2.47. The highest BCUT2D eigenvalue weighted by molar-refractivity contribution is 14.1. The third-order valence-electron chi connectivity index (χ3n) is 4.23. The Balaban J connectivity index is 2.12. The number of fused-ring (bicyclic) bond motifs is 1. The third-order valence-corrected chi connectivity index (χ3v) is 4.90. The maximum Gasteiger partial charge on any atom is 0.336 e. The molecule has 0 unspecified atom stereocenters. The molecule has 0 aliphatic heterocycles. The quantitative estimate of drug-likeness (QED) is 0.607. The Morgan fingerprint density at radius 1 is 1.13 bits per heavy atom. The zero-order valence-corrected chi connectivity index (χ0v) is 14.4. The smallest absolute Gasteiger partial charge is 0.336 e. The number of hydrogen-bond donors (Lipinski definition) is 1. The van der Waals surface area contributed by atoms with Gasteiger partial charge in [0.15, 0.2) is 0 Å². The van der Waals surface area contributed by atoms with Crippen molar-refractivity contribution in [1.29, 1.82) is 0 Å². The highest BCUT2D eigenvalue weighted by Gasteiger charge is 2.33. The fourth-order valence-corrected chi connectivity index (χ4v) is 3.56. The van der Waals surface area contributed by atoms with Crippen molar-refractivity contribution in [2.45, 2.75) is 18.8 Å². The number of nitrogens with zero attached hydrogens (tertiary/aromatic N) is 1. The van der Waals surface area contributed by atoms with E-state index in [2.05, 4.69) is 22.6 Å². The lowest BCUT2D eigenvalue weighted by Gasteiger charge is -2.15. The molecule has 1 heterocycles. The van der Waals surface area contributed by atoms with Gasteiger partial charge in [0, 0.05) is 14.5 Å². The van der Waals surface area contributed by atoms with Crippen LogP contribution in [0.2, 0.25) is 0 Å². The molecular weight excluding hydrogens is 401 g/mol. The molecule has 1 N–H and O–H groups in total. The van der Waals surface area contributed by atoms with Crippen molar-refractivity contribution < 1.29 is 9.90 Å². The van der Waals surface area contributed by atoms with E-state index >= 15 is 0 Å².